The highest BCUT2D eigenvalue weighted by molar-refractivity contribution is 5.77. The quantitative estimate of drug-likeness (QED) is 0.362. The van der Waals surface area contributed by atoms with Gasteiger partial charge in [-0.1, -0.05) is 58.1 Å². The molecule has 0 aliphatic rings. The molecule has 0 amide bonds. The number of halogens is 1. The van der Waals surface area contributed by atoms with E-state index < -0.39 is 0 Å². The van der Waals surface area contributed by atoms with E-state index in [1.165, 1.54) is 0 Å². The number of hydrogen-bond donors (Lipinski definition) is 1. The minimum Gasteiger partial charge on any atom is -1.00 e. The molecule has 2 aromatic carbocycles. The lowest BCUT2D eigenvalue weighted by Crippen LogP contribution is -3.00. The lowest BCUT2D eigenvalue weighted by Gasteiger charge is -2.11. The topological polar surface area (TPSA) is 45.1 Å². The van der Waals surface area contributed by atoms with Crippen LogP contribution >= 0.6 is 0 Å². The van der Waals surface area contributed by atoms with Crippen molar-refractivity contribution < 1.29 is 21.5 Å². The Morgan fingerprint density at radius 1 is 0.926 bits per heavy atom. The molecule has 4 rings (SSSR count). The van der Waals surface area contributed by atoms with E-state index >= 15 is 0 Å². The molecule has 0 spiro atoms. The molecule has 1 N–H and O–H groups in total. The van der Waals surface area contributed by atoms with Crippen LogP contribution in [0.3, 0.4) is 0 Å². The number of anilines is 1. The Morgan fingerprint density at radius 3 is 2.44 bits per heavy atom. The lowest BCUT2D eigenvalue weighted by atomic mass is 10.1. The van der Waals surface area contributed by atoms with Gasteiger partial charge in [0, 0.05) is 30.1 Å². The molecule has 5 nitrogen and oxygen atoms in total. The number of pyridine rings is 1. The Kier molecular flexibility index (Phi) is 5.98. The number of fused-ring (bicyclic) bond motifs is 3. The van der Waals surface area contributed by atoms with Crippen molar-refractivity contribution in [3.8, 4) is 11.3 Å². The van der Waals surface area contributed by atoms with Crippen LogP contribution in [-0.2, 0) is 0 Å². The van der Waals surface area contributed by atoms with E-state index in [1.807, 2.05) is 40.9 Å². The number of hydrogen-bond acceptors (Lipinski definition) is 4. The third kappa shape index (κ3) is 4.07. The Balaban J connectivity index is 0.00000210. The highest BCUT2D eigenvalue weighted by atomic mass is 79.9. The molecule has 6 heteroatoms. The van der Waals surface area contributed by atoms with Gasteiger partial charge in [-0.05, 0) is 31.2 Å². The predicted octanol–water partition coefficient (Wildman–Crippen LogP) is 0.0130. The third-order valence-corrected chi connectivity index (χ3v) is 4.34. The van der Waals surface area contributed by atoms with Crippen LogP contribution < -0.4 is 26.8 Å². The summed E-state index contributed by atoms with van der Waals surface area (Å²) in [7, 11) is 4.13. The molecule has 0 fully saturated rings. The number of aromatic nitrogens is 3. The number of nitrogens with one attached hydrogen (secondary N) is 1. The van der Waals surface area contributed by atoms with Crippen molar-refractivity contribution in [3.63, 3.8) is 0 Å². The molecular formula is C21H22BrN5. The van der Waals surface area contributed by atoms with Crippen molar-refractivity contribution >= 4 is 22.4 Å². The zero-order chi connectivity index (χ0) is 17.9. The number of rotatable bonds is 5. The van der Waals surface area contributed by atoms with Gasteiger partial charge in [0.15, 0.2) is 11.2 Å². The second kappa shape index (κ2) is 8.41. The molecule has 0 aliphatic heterocycles. The molecule has 0 saturated heterocycles. The molecule has 0 aliphatic carbocycles. The van der Waals surface area contributed by atoms with E-state index in [9.17, 15) is 0 Å². The van der Waals surface area contributed by atoms with Gasteiger partial charge in [0.05, 0.1) is 0 Å². The Labute approximate surface area is 169 Å². The van der Waals surface area contributed by atoms with Crippen molar-refractivity contribution in [1.29, 1.82) is 0 Å². The lowest BCUT2D eigenvalue weighted by molar-refractivity contribution is -0.553. The molecule has 2 aromatic heterocycles. The summed E-state index contributed by atoms with van der Waals surface area (Å²) in [6, 6.07) is 22.5. The third-order valence-electron chi connectivity index (χ3n) is 4.34. The van der Waals surface area contributed by atoms with Crippen LogP contribution in [0.1, 0.15) is 0 Å². The normalized spacial score (nSPS) is 10.9. The molecule has 138 valence electrons. The first-order valence-electron chi connectivity index (χ1n) is 8.78. The van der Waals surface area contributed by atoms with E-state index in [4.69, 9.17) is 10.1 Å². The van der Waals surface area contributed by atoms with E-state index in [-0.39, 0.29) is 17.0 Å². The number of likely N-dealkylation sites (N-methyl/N-ethyl adjacent to an activating group) is 1. The van der Waals surface area contributed by atoms with Crippen molar-refractivity contribution in [2.24, 2.45) is 0 Å². The molecule has 0 radical (unpaired) electrons. The van der Waals surface area contributed by atoms with Crippen LogP contribution in [0.4, 0.5) is 5.82 Å². The van der Waals surface area contributed by atoms with Gasteiger partial charge in [-0.3, -0.25) is 0 Å². The van der Waals surface area contributed by atoms with Crippen molar-refractivity contribution in [3.05, 3.63) is 66.7 Å². The zero-order valence-electron chi connectivity index (χ0n) is 15.4. The summed E-state index contributed by atoms with van der Waals surface area (Å²) in [6.07, 6.45) is 0. The summed E-state index contributed by atoms with van der Waals surface area (Å²) in [6.45, 7) is 1.74. The molecule has 0 bridgehead atoms. The molecule has 0 saturated carbocycles. The fraction of sp³-hybridized carbons (Fsp3) is 0.190. The summed E-state index contributed by atoms with van der Waals surface area (Å²) in [4.78, 5) is 7.01. The fourth-order valence-electron chi connectivity index (χ4n) is 3.00. The Bertz CT molecular complexity index is 1050. The number of nitrogens with zero attached hydrogens (tertiary/aromatic N) is 4. The summed E-state index contributed by atoms with van der Waals surface area (Å²) in [5, 5.41) is 9.55. The van der Waals surface area contributed by atoms with E-state index in [1.54, 1.807) is 0 Å². The van der Waals surface area contributed by atoms with E-state index in [0.717, 1.165) is 46.7 Å². The minimum absolute atomic E-state index is 0. The molecule has 2 heterocycles. The maximum absolute atomic E-state index is 4.95. The van der Waals surface area contributed by atoms with Gasteiger partial charge < -0.3 is 27.2 Å². The van der Waals surface area contributed by atoms with Gasteiger partial charge in [0.1, 0.15) is 0 Å². The molecule has 4 aromatic rings. The van der Waals surface area contributed by atoms with Gasteiger partial charge in [-0.2, -0.15) is 0 Å². The maximum Gasteiger partial charge on any atom is 0.351 e. The minimum atomic E-state index is 0. The predicted molar refractivity (Wildman–Crippen MR) is 105 cm³/mol. The number of benzene rings is 2. The second-order valence-electron chi connectivity index (χ2n) is 6.57. The van der Waals surface area contributed by atoms with Gasteiger partial charge in [0.2, 0.25) is 0 Å². The summed E-state index contributed by atoms with van der Waals surface area (Å²) in [5.74, 6) is 0.813. The van der Waals surface area contributed by atoms with Gasteiger partial charge in [0.25, 0.3) is 5.82 Å². The first kappa shape index (κ1) is 19.2. The van der Waals surface area contributed by atoms with Crippen LogP contribution in [0.5, 0.6) is 0 Å². The van der Waals surface area contributed by atoms with E-state index in [0.29, 0.717) is 0 Å². The Hall–Kier alpha value is -2.57. The van der Waals surface area contributed by atoms with Crippen LogP contribution in [-0.4, -0.2) is 42.2 Å². The molecule has 0 unspecified atom stereocenters. The van der Waals surface area contributed by atoms with E-state index in [2.05, 4.69) is 54.6 Å². The highest BCUT2D eigenvalue weighted by Crippen LogP contribution is 2.23. The molecule has 0 atom stereocenters. The average molecular weight is 424 g/mol. The van der Waals surface area contributed by atoms with Gasteiger partial charge >= 0.3 is 5.65 Å². The zero-order valence-corrected chi connectivity index (χ0v) is 17.0. The summed E-state index contributed by atoms with van der Waals surface area (Å²) < 4.78 is 1.93. The SMILES string of the molecule is CN(C)CCNc1nc2ccc3ccccc3[n+]2nc1-c1ccccc1.[Br-]. The second-order valence-corrected chi connectivity index (χ2v) is 6.57. The first-order valence-corrected chi connectivity index (χ1v) is 8.78. The van der Waals surface area contributed by atoms with Gasteiger partial charge in [-0.25, -0.2) is 0 Å². The van der Waals surface area contributed by atoms with Crippen molar-refractivity contribution in [1.82, 2.24) is 15.0 Å². The largest absolute Gasteiger partial charge is 1.00 e. The van der Waals surface area contributed by atoms with Crippen LogP contribution in [0.25, 0.3) is 27.8 Å². The van der Waals surface area contributed by atoms with Crippen molar-refractivity contribution in [2.75, 3.05) is 32.5 Å². The monoisotopic (exact) mass is 423 g/mol. The fourth-order valence-corrected chi connectivity index (χ4v) is 3.00. The van der Waals surface area contributed by atoms with Crippen LogP contribution in [0, 0.1) is 0 Å². The smallest absolute Gasteiger partial charge is 0.351 e. The van der Waals surface area contributed by atoms with Crippen LogP contribution in [0.2, 0.25) is 0 Å². The standard InChI is InChI=1S/C21H21N5.BrH/c1-25(2)15-14-22-21-20(17-9-4-3-5-10-17)24-26-18-11-7-6-8-16(18)12-13-19(26)23-21;/h3-13H,14-15H2,1-2H3;1H. The number of para-hydroxylation sites is 1. The Morgan fingerprint density at radius 2 is 1.67 bits per heavy atom. The average Bonchev–Trinajstić information content (AvgIpc) is 2.67. The summed E-state index contributed by atoms with van der Waals surface area (Å²) >= 11 is 0. The molecular weight excluding hydrogens is 402 g/mol. The van der Waals surface area contributed by atoms with Gasteiger partial charge in [-0.15, -0.1) is 0 Å². The highest BCUT2D eigenvalue weighted by Gasteiger charge is 2.20. The maximum atomic E-state index is 4.95. The van der Waals surface area contributed by atoms with Crippen LogP contribution in [0.15, 0.2) is 66.7 Å². The first-order chi connectivity index (χ1) is 12.7. The summed E-state index contributed by atoms with van der Waals surface area (Å²) in [5.41, 5.74) is 3.79. The van der Waals surface area contributed by atoms with Crippen molar-refractivity contribution in [2.45, 2.75) is 0 Å². The molecule has 27 heavy (non-hydrogen) atoms.